The maximum absolute atomic E-state index is 11.7. The van der Waals surface area contributed by atoms with Crippen molar-refractivity contribution in [1.82, 2.24) is 0 Å². The molecule has 0 aromatic heterocycles. The van der Waals surface area contributed by atoms with Gasteiger partial charge in [-0.05, 0) is 31.4 Å². The molecule has 0 heterocycles. The van der Waals surface area contributed by atoms with Crippen LogP contribution in [0, 0.1) is 5.92 Å². The van der Waals surface area contributed by atoms with E-state index in [0.717, 1.165) is 19.3 Å². The molecule has 19 heavy (non-hydrogen) atoms. The van der Waals surface area contributed by atoms with E-state index in [4.69, 9.17) is 14.2 Å². The van der Waals surface area contributed by atoms with Crippen LogP contribution < -0.4 is 9.47 Å². The fourth-order valence-electron chi connectivity index (χ4n) is 1.87. The van der Waals surface area contributed by atoms with E-state index in [1.807, 2.05) is 31.2 Å². The van der Waals surface area contributed by atoms with Crippen LogP contribution in [-0.2, 0) is 9.53 Å². The number of para-hydroxylation sites is 2. The SMILES string of the molecule is CCCOc1ccccc1OC(C(=O)OC)C1CC1. The highest BCUT2D eigenvalue weighted by Gasteiger charge is 2.39. The lowest BCUT2D eigenvalue weighted by Crippen LogP contribution is -2.30. The maximum Gasteiger partial charge on any atom is 0.347 e. The zero-order chi connectivity index (χ0) is 13.7. The molecule has 0 bridgehead atoms. The van der Waals surface area contributed by atoms with E-state index in [2.05, 4.69) is 0 Å². The summed E-state index contributed by atoms with van der Waals surface area (Å²) in [6.45, 7) is 2.68. The van der Waals surface area contributed by atoms with E-state index < -0.39 is 6.10 Å². The van der Waals surface area contributed by atoms with Crippen LogP contribution in [0.5, 0.6) is 11.5 Å². The Kier molecular flexibility index (Phi) is 4.66. The van der Waals surface area contributed by atoms with Gasteiger partial charge in [0, 0.05) is 5.92 Å². The van der Waals surface area contributed by atoms with Crippen molar-refractivity contribution in [3.05, 3.63) is 24.3 Å². The van der Waals surface area contributed by atoms with Crippen LogP contribution in [0.4, 0.5) is 0 Å². The summed E-state index contributed by atoms with van der Waals surface area (Å²) < 4.78 is 16.2. The normalized spacial score (nSPS) is 15.7. The van der Waals surface area contributed by atoms with Gasteiger partial charge < -0.3 is 14.2 Å². The molecule has 2 rings (SSSR count). The molecule has 0 aliphatic heterocycles. The Hall–Kier alpha value is -1.71. The average Bonchev–Trinajstić information content (AvgIpc) is 3.27. The summed E-state index contributed by atoms with van der Waals surface area (Å²) in [6.07, 6.45) is 2.43. The topological polar surface area (TPSA) is 44.8 Å². The summed E-state index contributed by atoms with van der Waals surface area (Å²) in [4.78, 5) is 11.7. The molecule has 0 radical (unpaired) electrons. The minimum Gasteiger partial charge on any atom is -0.490 e. The standard InChI is InChI=1S/C15H20O4/c1-3-10-18-12-6-4-5-7-13(12)19-14(11-8-9-11)15(16)17-2/h4-7,11,14H,3,8-10H2,1-2H3. The van der Waals surface area contributed by atoms with Gasteiger partial charge in [-0.2, -0.15) is 0 Å². The highest BCUT2D eigenvalue weighted by Crippen LogP contribution is 2.37. The number of methoxy groups -OCH3 is 1. The Morgan fingerprint density at radius 1 is 1.32 bits per heavy atom. The number of carbonyl (C=O) groups excluding carboxylic acids is 1. The molecule has 4 nitrogen and oxygen atoms in total. The Balaban J connectivity index is 2.09. The zero-order valence-corrected chi connectivity index (χ0v) is 11.4. The molecule has 1 aromatic rings. The van der Waals surface area contributed by atoms with Crippen molar-refractivity contribution in [3.63, 3.8) is 0 Å². The fraction of sp³-hybridized carbons (Fsp3) is 0.533. The van der Waals surface area contributed by atoms with Crippen LogP contribution in [0.1, 0.15) is 26.2 Å². The molecular formula is C15H20O4. The van der Waals surface area contributed by atoms with Crippen LogP contribution in [0.3, 0.4) is 0 Å². The second-order valence-corrected chi connectivity index (χ2v) is 4.69. The highest BCUT2D eigenvalue weighted by atomic mass is 16.6. The lowest BCUT2D eigenvalue weighted by Gasteiger charge is -2.18. The van der Waals surface area contributed by atoms with Crippen molar-refractivity contribution in [1.29, 1.82) is 0 Å². The molecule has 1 aromatic carbocycles. The summed E-state index contributed by atoms with van der Waals surface area (Å²) in [6, 6.07) is 7.44. The van der Waals surface area contributed by atoms with Gasteiger partial charge in [0.05, 0.1) is 13.7 Å². The average molecular weight is 264 g/mol. The van der Waals surface area contributed by atoms with Crippen molar-refractivity contribution in [2.75, 3.05) is 13.7 Å². The van der Waals surface area contributed by atoms with Gasteiger partial charge in [-0.3, -0.25) is 0 Å². The number of hydrogen-bond donors (Lipinski definition) is 0. The first-order valence-corrected chi connectivity index (χ1v) is 6.72. The first kappa shape index (κ1) is 13.7. The third kappa shape index (κ3) is 3.63. The van der Waals surface area contributed by atoms with E-state index in [-0.39, 0.29) is 11.9 Å². The molecule has 104 valence electrons. The molecule has 0 N–H and O–H groups in total. The third-order valence-electron chi connectivity index (χ3n) is 3.05. The summed E-state index contributed by atoms with van der Waals surface area (Å²) in [5.74, 6) is 1.25. The van der Waals surface area contributed by atoms with E-state index in [9.17, 15) is 4.79 Å². The molecule has 1 atom stereocenters. The molecule has 1 aliphatic rings. The Morgan fingerprint density at radius 2 is 2.00 bits per heavy atom. The van der Waals surface area contributed by atoms with Gasteiger partial charge in [0.15, 0.2) is 17.6 Å². The zero-order valence-electron chi connectivity index (χ0n) is 11.4. The van der Waals surface area contributed by atoms with Crippen LogP contribution in [0.2, 0.25) is 0 Å². The molecule has 1 fully saturated rings. The molecule has 1 unspecified atom stereocenters. The van der Waals surface area contributed by atoms with E-state index in [0.29, 0.717) is 18.1 Å². The molecule has 1 aliphatic carbocycles. The number of esters is 1. The van der Waals surface area contributed by atoms with Gasteiger partial charge in [-0.1, -0.05) is 19.1 Å². The minimum absolute atomic E-state index is 0.270. The second-order valence-electron chi connectivity index (χ2n) is 4.69. The lowest BCUT2D eigenvalue weighted by atomic mass is 10.2. The van der Waals surface area contributed by atoms with Crippen molar-refractivity contribution in [2.24, 2.45) is 5.92 Å². The van der Waals surface area contributed by atoms with Gasteiger partial charge in [0.2, 0.25) is 0 Å². The lowest BCUT2D eigenvalue weighted by molar-refractivity contribution is -0.149. The van der Waals surface area contributed by atoms with Gasteiger partial charge in [0.25, 0.3) is 0 Å². The van der Waals surface area contributed by atoms with Crippen molar-refractivity contribution >= 4 is 5.97 Å². The summed E-state index contributed by atoms with van der Waals surface area (Å²) in [5.41, 5.74) is 0. The number of carbonyl (C=O) groups is 1. The summed E-state index contributed by atoms with van der Waals surface area (Å²) in [7, 11) is 1.39. The van der Waals surface area contributed by atoms with Crippen molar-refractivity contribution < 1.29 is 19.0 Å². The van der Waals surface area contributed by atoms with Gasteiger partial charge in [0.1, 0.15) is 0 Å². The molecule has 0 saturated heterocycles. The van der Waals surface area contributed by atoms with Crippen LogP contribution in [-0.4, -0.2) is 25.8 Å². The first-order valence-electron chi connectivity index (χ1n) is 6.72. The monoisotopic (exact) mass is 264 g/mol. The van der Waals surface area contributed by atoms with Crippen LogP contribution >= 0.6 is 0 Å². The molecule has 1 saturated carbocycles. The number of hydrogen-bond acceptors (Lipinski definition) is 4. The number of benzene rings is 1. The quantitative estimate of drug-likeness (QED) is 0.710. The van der Waals surface area contributed by atoms with Crippen molar-refractivity contribution in [2.45, 2.75) is 32.3 Å². The Morgan fingerprint density at radius 3 is 2.58 bits per heavy atom. The van der Waals surface area contributed by atoms with Crippen LogP contribution in [0.15, 0.2) is 24.3 Å². The largest absolute Gasteiger partial charge is 0.490 e. The predicted octanol–water partition coefficient (Wildman–Crippen LogP) is 2.81. The molecule has 4 heteroatoms. The van der Waals surface area contributed by atoms with E-state index >= 15 is 0 Å². The minimum atomic E-state index is -0.517. The smallest absolute Gasteiger partial charge is 0.347 e. The number of rotatable bonds is 7. The Bertz CT molecular complexity index is 426. The summed E-state index contributed by atoms with van der Waals surface area (Å²) in [5, 5.41) is 0. The van der Waals surface area contributed by atoms with E-state index in [1.54, 1.807) is 0 Å². The van der Waals surface area contributed by atoms with Crippen molar-refractivity contribution in [3.8, 4) is 11.5 Å². The third-order valence-corrected chi connectivity index (χ3v) is 3.05. The Labute approximate surface area is 113 Å². The summed E-state index contributed by atoms with van der Waals surface area (Å²) >= 11 is 0. The van der Waals surface area contributed by atoms with Gasteiger partial charge >= 0.3 is 5.97 Å². The predicted molar refractivity (Wildman–Crippen MR) is 71.4 cm³/mol. The maximum atomic E-state index is 11.7. The van der Waals surface area contributed by atoms with Gasteiger partial charge in [-0.25, -0.2) is 4.79 Å². The van der Waals surface area contributed by atoms with E-state index in [1.165, 1.54) is 7.11 Å². The first-order chi connectivity index (χ1) is 9.26. The number of ether oxygens (including phenoxy) is 3. The fourth-order valence-corrected chi connectivity index (χ4v) is 1.87. The van der Waals surface area contributed by atoms with Crippen LogP contribution in [0.25, 0.3) is 0 Å². The molecule has 0 amide bonds. The molecule has 0 spiro atoms. The van der Waals surface area contributed by atoms with Gasteiger partial charge in [-0.15, -0.1) is 0 Å². The highest BCUT2D eigenvalue weighted by molar-refractivity contribution is 5.76. The second kappa shape index (κ2) is 6.45. The molecular weight excluding hydrogens is 244 g/mol.